The van der Waals surface area contributed by atoms with Gasteiger partial charge in [0.15, 0.2) is 17.4 Å². The van der Waals surface area contributed by atoms with E-state index in [0.717, 1.165) is 12.8 Å². The molecule has 0 spiro atoms. The van der Waals surface area contributed by atoms with E-state index in [1.165, 1.54) is 17.7 Å². The number of nitrogens with one attached hydrogen (secondary N) is 1. The lowest BCUT2D eigenvalue weighted by Crippen LogP contribution is -2.40. The van der Waals surface area contributed by atoms with E-state index in [1.807, 2.05) is 13.8 Å². The Balaban J connectivity index is 0.00000119. The molecule has 0 radical (unpaired) electrons. The lowest BCUT2D eigenvalue weighted by Gasteiger charge is -2.34. The summed E-state index contributed by atoms with van der Waals surface area (Å²) in [6, 6.07) is -0.590. The van der Waals surface area contributed by atoms with Crippen molar-refractivity contribution in [3.05, 3.63) is 33.6 Å². The third-order valence-electron chi connectivity index (χ3n) is 5.98. The number of anilines is 1. The molecular weight excluding hydrogens is 424 g/mol. The van der Waals surface area contributed by atoms with E-state index in [-0.39, 0.29) is 54.1 Å². The van der Waals surface area contributed by atoms with Crippen LogP contribution in [0.5, 0.6) is 5.75 Å². The molecule has 8 nitrogen and oxygen atoms in total. The molecule has 2 fully saturated rings. The summed E-state index contributed by atoms with van der Waals surface area (Å²) in [7, 11) is 0. The zero-order chi connectivity index (χ0) is 23.3. The second-order valence-corrected chi connectivity index (χ2v) is 8.10. The van der Waals surface area contributed by atoms with Gasteiger partial charge in [0.2, 0.25) is 11.3 Å². The second kappa shape index (κ2) is 8.07. The average Bonchev–Trinajstić information content (AvgIpc) is 3.51. The third-order valence-corrected chi connectivity index (χ3v) is 5.98. The highest BCUT2D eigenvalue weighted by Crippen LogP contribution is 2.48. The molecule has 3 aliphatic rings. The molecule has 3 heterocycles. The summed E-state index contributed by atoms with van der Waals surface area (Å²) >= 11 is 0. The summed E-state index contributed by atoms with van der Waals surface area (Å²) in [5.74, 6) is -4.28. The molecular formula is C22H25F2N3O5. The zero-order valence-corrected chi connectivity index (χ0v) is 18.1. The van der Waals surface area contributed by atoms with Gasteiger partial charge in [0.25, 0.3) is 0 Å². The lowest BCUT2D eigenvalue weighted by molar-refractivity contribution is -0.119. The predicted molar refractivity (Wildman–Crippen MR) is 114 cm³/mol. The monoisotopic (exact) mass is 449 g/mol. The number of aromatic carboxylic acids is 1. The largest absolute Gasteiger partial charge is 0.487 e. The summed E-state index contributed by atoms with van der Waals surface area (Å²) < 4.78 is 37.8. The first-order chi connectivity index (χ1) is 15.3. The number of fused-ring (bicyclic) bond motifs is 5. The summed E-state index contributed by atoms with van der Waals surface area (Å²) in [6.07, 6.45) is 3.19. The van der Waals surface area contributed by atoms with Crippen molar-refractivity contribution in [3.63, 3.8) is 0 Å². The molecule has 2 aliphatic heterocycles. The van der Waals surface area contributed by atoms with Crippen LogP contribution in [-0.4, -0.2) is 46.8 Å². The molecule has 1 saturated carbocycles. The van der Waals surface area contributed by atoms with Crippen LogP contribution < -0.4 is 20.4 Å². The Kier molecular flexibility index (Phi) is 5.56. The number of carboxylic acid groups (broad SMARTS) is 1. The van der Waals surface area contributed by atoms with Gasteiger partial charge in [0, 0.05) is 31.7 Å². The molecule has 0 unspecified atom stereocenters. The van der Waals surface area contributed by atoms with Gasteiger partial charge in [-0.1, -0.05) is 13.8 Å². The van der Waals surface area contributed by atoms with Crippen LogP contribution in [0, 0.1) is 11.6 Å². The Labute approximate surface area is 182 Å². The fraction of sp³-hybridized carbons (Fsp3) is 0.500. The van der Waals surface area contributed by atoms with Gasteiger partial charge in [-0.2, -0.15) is 0 Å². The van der Waals surface area contributed by atoms with Gasteiger partial charge >= 0.3 is 5.97 Å². The molecule has 1 aliphatic carbocycles. The van der Waals surface area contributed by atoms with E-state index in [4.69, 9.17) is 4.74 Å². The Hall–Kier alpha value is -3.17. The molecule has 0 bridgehead atoms. The SMILES string of the molecule is CC.CC(=O)N[C@H]1C[C@H]2COc3c(c(F)c(F)c4c(=O)c(C(=O)O)cn(C5CC5)c34)N2C1. The minimum Gasteiger partial charge on any atom is -0.487 e. The van der Waals surface area contributed by atoms with Crippen molar-refractivity contribution in [2.45, 2.75) is 58.2 Å². The van der Waals surface area contributed by atoms with Crippen molar-refractivity contribution in [2.75, 3.05) is 18.1 Å². The first kappa shape index (κ1) is 22.0. The first-order valence-electron chi connectivity index (χ1n) is 10.8. The number of amides is 1. The highest BCUT2D eigenvalue weighted by atomic mass is 19.2. The number of rotatable bonds is 3. The maximum Gasteiger partial charge on any atom is 0.341 e. The highest BCUT2D eigenvalue weighted by Gasteiger charge is 2.42. The smallest absolute Gasteiger partial charge is 0.341 e. The molecule has 1 saturated heterocycles. The van der Waals surface area contributed by atoms with Gasteiger partial charge in [0.1, 0.15) is 23.4 Å². The van der Waals surface area contributed by atoms with Crippen LogP contribution in [0.15, 0.2) is 11.0 Å². The van der Waals surface area contributed by atoms with Crippen LogP contribution >= 0.6 is 0 Å². The molecule has 2 atom stereocenters. The minimum absolute atomic E-state index is 0.0459. The molecule has 2 aromatic rings. The van der Waals surface area contributed by atoms with Crippen molar-refractivity contribution >= 4 is 28.5 Å². The van der Waals surface area contributed by atoms with Gasteiger partial charge < -0.3 is 24.6 Å². The number of carbonyl (C=O) groups excluding carboxylic acids is 1. The number of hydrogen-bond acceptors (Lipinski definition) is 5. The Morgan fingerprint density at radius 2 is 1.88 bits per heavy atom. The molecule has 2 N–H and O–H groups in total. The average molecular weight is 449 g/mol. The standard InChI is InChI=1S/C20H19F2N3O5.C2H6/c1-8(26)23-9-4-11-7-30-19-16-13(14(21)15(22)17(19)24(11)5-9)18(27)12(20(28)29)6-25(16)10-2-3-10;1-2/h6,9-11H,2-5,7H2,1H3,(H,23,26)(H,28,29);1-2H3/t9-,11-;/m0./s1. The molecule has 10 heteroatoms. The lowest BCUT2D eigenvalue weighted by atomic mass is 10.1. The van der Waals surface area contributed by atoms with Crippen LogP contribution in [0.2, 0.25) is 0 Å². The molecule has 5 rings (SSSR count). The Morgan fingerprint density at radius 3 is 2.47 bits per heavy atom. The Morgan fingerprint density at radius 1 is 1.19 bits per heavy atom. The number of hydrogen-bond donors (Lipinski definition) is 2. The predicted octanol–water partition coefficient (Wildman–Crippen LogP) is 2.81. The number of carboxylic acids is 1. The molecule has 32 heavy (non-hydrogen) atoms. The summed E-state index contributed by atoms with van der Waals surface area (Å²) in [4.78, 5) is 37.3. The van der Waals surface area contributed by atoms with E-state index >= 15 is 8.78 Å². The summed E-state index contributed by atoms with van der Waals surface area (Å²) in [5.41, 5.74) is -1.67. The van der Waals surface area contributed by atoms with E-state index in [2.05, 4.69) is 5.32 Å². The van der Waals surface area contributed by atoms with Gasteiger partial charge in [0.05, 0.1) is 11.4 Å². The molecule has 1 aromatic heterocycles. The number of carbonyl (C=O) groups is 2. The summed E-state index contributed by atoms with van der Waals surface area (Å²) in [6.45, 7) is 5.86. The van der Waals surface area contributed by atoms with Crippen molar-refractivity contribution in [1.29, 1.82) is 0 Å². The maximum absolute atomic E-state index is 15.2. The topological polar surface area (TPSA) is 101 Å². The first-order valence-corrected chi connectivity index (χ1v) is 10.8. The fourth-order valence-electron chi connectivity index (χ4n) is 4.60. The van der Waals surface area contributed by atoms with Crippen LogP contribution in [-0.2, 0) is 4.79 Å². The van der Waals surface area contributed by atoms with Crippen molar-refractivity contribution in [2.24, 2.45) is 0 Å². The van der Waals surface area contributed by atoms with Gasteiger partial charge in [-0.25, -0.2) is 13.6 Å². The van der Waals surface area contributed by atoms with Gasteiger partial charge in [-0.05, 0) is 19.3 Å². The van der Waals surface area contributed by atoms with Crippen LogP contribution in [0.25, 0.3) is 10.9 Å². The number of pyridine rings is 1. The minimum atomic E-state index is -1.49. The van der Waals surface area contributed by atoms with Crippen LogP contribution in [0.1, 0.15) is 56.4 Å². The Bertz CT molecular complexity index is 1170. The third kappa shape index (κ3) is 3.37. The maximum atomic E-state index is 15.2. The number of aromatic nitrogens is 1. The number of benzene rings is 1. The number of halogens is 2. The molecule has 1 aromatic carbocycles. The van der Waals surface area contributed by atoms with Crippen LogP contribution in [0.4, 0.5) is 14.5 Å². The summed E-state index contributed by atoms with van der Waals surface area (Å²) in [5, 5.41) is 11.6. The van der Waals surface area contributed by atoms with E-state index in [9.17, 15) is 19.5 Å². The quantitative estimate of drug-likeness (QED) is 0.748. The van der Waals surface area contributed by atoms with Crippen molar-refractivity contribution in [3.8, 4) is 5.75 Å². The molecule has 1 amide bonds. The van der Waals surface area contributed by atoms with Gasteiger partial charge in [-0.3, -0.25) is 9.59 Å². The normalized spacial score (nSPS) is 21.2. The fourth-order valence-corrected chi connectivity index (χ4v) is 4.60. The molecule has 172 valence electrons. The van der Waals surface area contributed by atoms with E-state index in [0.29, 0.717) is 6.42 Å². The van der Waals surface area contributed by atoms with Crippen LogP contribution in [0.3, 0.4) is 0 Å². The van der Waals surface area contributed by atoms with E-state index in [1.54, 1.807) is 4.90 Å². The van der Waals surface area contributed by atoms with E-state index < -0.39 is 34.0 Å². The number of ether oxygens (including phenoxy) is 1. The second-order valence-electron chi connectivity index (χ2n) is 8.10. The van der Waals surface area contributed by atoms with Gasteiger partial charge in [-0.15, -0.1) is 0 Å². The van der Waals surface area contributed by atoms with Crippen molar-refractivity contribution < 1.29 is 28.2 Å². The number of nitrogens with zero attached hydrogens (tertiary/aromatic N) is 2. The zero-order valence-electron chi connectivity index (χ0n) is 18.1. The van der Waals surface area contributed by atoms with Crippen molar-refractivity contribution in [1.82, 2.24) is 9.88 Å². The highest BCUT2D eigenvalue weighted by molar-refractivity contribution is 5.97.